The second kappa shape index (κ2) is 7.00. The van der Waals surface area contributed by atoms with Gasteiger partial charge >= 0.3 is 0 Å². The summed E-state index contributed by atoms with van der Waals surface area (Å²) in [6.07, 6.45) is 1.89. The Balaban J connectivity index is 2.02. The number of ether oxygens (including phenoxy) is 1. The Morgan fingerprint density at radius 3 is 2.76 bits per heavy atom. The molecule has 2 rings (SSSR count). The predicted molar refractivity (Wildman–Crippen MR) is 81.8 cm³/mol. The Hall–Kier alpha value is -1.46. The molecule has 0 N–H and O–H groups in total. The number of hydrogen-bond acceptors (Lipinski definition) is 4. The van der Waals surface area contributed by atoms with Crippen molar-refractivity contribution >= 4 is 5.91 Å². The van der Waals surface area contributed by atoms with Gasteiger partial charge in [0.1, 0.15) is 0 Å². The van der Waals surface area contributed by atoms with E-state index >= 15 is 0 Å². The average Bonchev–Trinajstić information content (AvgIpc) is 2.83. The standard InChI is InChI=1S/C16H25N3O2/c1-12-5-6-14(17-7-12)9-19-8-13(11-21-4)15(10-19)16(20)18(2)3/h5-7,13,15H,8-11H2,1-4H3/t13-,15+/m0/s1. The second-order valence-electron chi connectivity index (χ2n) is 6.08. The second-order valence-corrected chi connectivity index (χ2v) is 6.08. The molecule has 1 amide bonds. The van der Waals surface area contributed by atoms with Crippen molar-refractivity contribution in [2.45, 2.75) is 13.5 Å². The van der Waals surface area contributed by atoms with Crippen LogP contribution >= 0.6 is 0 Å². The van der Waals surface area contributed by atoms with Crippen molar-refractivity contribution in [1.82, 2.24) is 14.8 Å². The lowest BCUT2D eigenvalue weighted by Gasteiger charge is -2.20. The molecular formula is C16H25N3O2. The van der Waals surface area contributed by atoms with Gasteiger partial charge in [0, 0.05) is 53.0 Å². The van der Waals surface area contributed by atoms with E-state index in [4.69, 9.17) is 4.74 Å². The molecule has 0 aromatic carbocycles. The summed E-state index contributed by atoms with van der Waals surface area (Å²) in [5.74, 6) is 0.470. The van der Waals surface area contributed by atoms with Crippen molar-refractivity contribution in [2.75, 3.05) is 40.9 Å². The van der Waals surface area contributed by atoms with Crippen LogP contribution in [-0.4, -0.2) is 61.6 Å². The number of likely N-dealkylation sites (tertiary alicyclic amines) is 1. The van der Waals surface area contributed by atoms with Crippen LogP contribution in [0.4, 0.5) is 0 Å². The van der Waals surface area contributed by atoms with Crippen LogP contribution in [0, 0.1) is 18.8 Å². The Labute approximate surface area is 126 Å². The number of rotatable bonds is 5. The van der Waals surface area contributed by atoms with Crippen LogP contribution in [0.5, 0.6) is 0 Å². The minimum absolute atomic E-state index is 0.0189. The molecule has 1 aliphatic heterocycles. The molecule has 21 heavy (non-hydrogen) atoms. The van der Waals surface area contributed by atoms with Crippen molar-refractivity contribution in [2.24, 2.45) is 11.8 Å². The summed E-state index contributed by atoms with van der Waals surface area (Å²) in [6.45, 7) is 5.11. The summed E-state index contributed by atoms with van der Waals surface area (Å²) < 4.78 is 5.29. The van der Waals surface area contributed by atoms with Gasteiger partial charge in [-0.2, -0.15) is 0 Å². The van der Waals surface area contributed by atoms with E-state index in [0.29, 0.717) is 6.61 Å². The maximum Gasteiger partial charge on any atom is 0.226 e. The summed E-state index contributed by atoms with van der Waals surface area (Å²) in [5, 5.41) is 0. The zero-order valence-electron chi connectivity index (χ0n) is 13.4. The van der Waals surface area contributed by atoms with Gasteiger partial charge in [-0.3, -0.25) is 14.7 Å². The quantitative estimate of drug-likeness (QED) is 0.817. The summed E-state index contributed by atoms with van der Waals surface area (Å²) >= 11 is 0. The van der Waals surface area contributed by atoms with E-state index in [1.165, 1.54) is 0 Å². The van der Waals surface area contributed by atoms with Gasteiger partial charge in [0.2, 0.25) is 5.91 Å². The van der Waals surface area contributed by atoms with Crippen LogP contribution in [0.3, 0.4) is 0 Å². The van der Waals surface area contributed by atoms with Gasteiger partial charge in [0.25, 0.3) is 0 Å². The average molecular weight is 291 g/mol. The third-order valence-corrected chi connectivity index (χ3v) is 4.01. The van der Waals surface area contributed by atoms with Gasteiger partial charge in [0.05, 0.1) is 18.2 Å². The van der Waals surface area contributed by atoms with Crippen molar-refractivity contribution in [3.05, 3.63) is 29.6 Å². The molecule has 0 unspecified atom stereocenters. The van der Waals surface area contributed by atoms with Crippen molar-refractivity contribution < 1.29 is 9.53 Å². The van der Waals surface area contributed by atoms with E-state index in [1.54, 1.807) is 12.0 Å². The number of pyridine rings is 1. The smallest absolute Gasteiger partial charge is 0.226 e. The maximum atomic E-state index is 12.3. The number of carbonyl (C=O) groups excluding carboxylic acids is 1. The van der Waals surface area contributed by atoms with Crippen LogP contribution < -0.4 is 0 Å². The Morgan fingerprint density at radius 1 is 1.43 bits per heavy atom. The first-order valence-corrected chi connectivity index (χ1v) is 7.35. The lowest BCUT2D eigenvalue weighted by Crippen LogP contribution is -2.35. The monoisotopic (exact) mass is 291 g/mol. The topological polar surface area (TPSA) is 45.7 Å². The van der Waals surface area contributed by atoms with E-state index in [0.717, 1.165) is 30.9 Å². The van der Waals surface area contributed by atoms with Crippen LogP contribution in [0.25, 0.3) is 0 Å². The first kappa shape index (κ1) is 15.9. The van der Waals surface area contributed by atoms with E-state index < -0.39 is 0 Å². The number of aromatic nitrogens is 1. The minimum atomic E-state index is 0.0189. The molecule has 1 aromatic rings. The number of hydrogen-bond donors (Lipinski definition) is 0. The Bertz CT molecular complexity index is 473. The third kappa shape index (κ3) is 4.02. The lowest BCUT2D eigenvalue weighted by molar-refractivity contribution is -0.134. The highest BCUT2D eigenvalue weighted by Crippen LogP contribution is 2.26. The third-order valence-electron chi connectivity index (χ3n) is 4.01. The molecule has 2 atom stereocenters. The molecule has 1 aromatic heterocycles. The predicted octanol–water partition coefficient (Wildman–Crippen LogP) is 1.17. The molecule has 0 bridgehead atoms. The summed E-state index contributed by atoms with van der Waals surface area (Å²) in [6, 6.07) is 4.13. The van der Waals surface area contributed by atoms with Gasteiger partial charge in [-0.15, -0.1) is 0 Å². The van der Waals surface area contributed by atoms with Crippen LogP contribution in [0.1, 0.15) is 11.3 Å². The van der Waals surface area contributed by atoms with E-state index in [2.05, 4.69) is 22.0 Å². The number of carbonyl (C=O) groups is 1. The highest BCUT2D eigenvalue weighted by molar-refractivity contribution is 5.79. The number of amides is 1. The molecule has 5 nitrogen and oxygen atoms in total. The SMILES string of the molecule is COC[C@@H]1CN(Cc2ccc(C)cn2)C[C@H]1C(=O)N(C)C. The van der Waals surface area contributed by atoms with Gasteiger partial charge in [0.15, 0.2) is 0 Å². The van der Waals surface area contributed by atoms with Crippen molar-refractivity contribution in [1.29, 1.82) is 0 Å². The molecule has 0 aliphatic carbocycles. The van der Waals surface area contributed by atoms with Crippen LogP contribution in [0.2, 0.25) is 0 Å². The van der Waals surface area contributed by atoms with Gasteiger partial charge < -0.3 is 9.64 Å². The fourth-order valence-corrected chi connectivity index (χ4v) is 2.91. The van der Waals surface area contributed by atoms with Gasteiger partial charge in [-0.05, 0) is 18.6 Å². The first-order valence-electron chi connectivity index (χ1n) is 7.35. The summed E-state index contributed by atoms with van der Waals surface area (Å²) in [5.41, 5.74) is 2.22. The van der Waals surface area contributed by atoms with Crippen molar-refractivity contribution in [3.8, 4) is 0 Å². The molecule has 1 fully saturated rings. The van der Waals surface area contributed by atoms with Gasteiger partial charge in [-0.25, -0.2) is 0 Å². The molecule has 2 heterocycles. The highest BCUT2D eigenvalue weighted by Gasteiger charge is 2.38. The highest BCUT2D eigenvalue weighted by atomic mass is 16.5. The molecule has 1 aliphatic rings. The molecule has 0 spiro atoms. The first-order chi connectivity index (χ1) is 10.0. The Morgan fingerprint density at radius 2 is 2.19 bits per heavy atom. The van der Waals surface area contributed by atoms with Crippen LogP contribution in [0.15, 0.2) is 18.3 Å². The number of nitrogens with zero attached hydrogens (tertiary/aromatic N) is 3. The van der Waals surface area contributed by atoms with Crippen LogP contribution in [-0.2, 0) is 16.1 Å². The lowest BCUT2D eigenvalue weighted by atomic mass is 9.96. The fraction of sp³-hybridized carbons (Fsp3) is 0.625. The molecule has 5 heteroatoms. The van der Waals surface area contributed by atoms with E-state index in [1.807, 2.05) is 27.2 Å². The fourth-order valence-electron chi connectivity index (χ4n) is 2.91. The molecule has 116 valence electrons. The summed E-state index contributed by atoms with van der Waals surface area (Å²) in [4.78, 5) is 20.7. The zero-order valence-corrected chi connectivity index (χ0v) is 13.4. The summed E-state index contributed by atoms with van der Waals surface area (Å²) in [7, 11) is 5.33. The van der Waals surface area contributed by atoms with Gasteiger partial charge in [-0.1, -0.05) is 6.07 Å². The number of methoxy groups -OCH3 is 1. The van der Waals surface area contributed by atoms with E-state index in [9.17, 15) is 4.79 Å². The van der Waals surface area contributed by atoms with E-state index in [-0.39, 0.29) is 17.7 Å². The maximum absolute atomic E-state index is 12.3. The largest absolute Gasteiger partial charge is 0.384 e. The van der Waals surface area contributed by atoms with Crippen molar-refractivity contribution in [3.63, 3.8) is 0 Å². The molecule has 0 radical (unpaired) electrons. The minimum Gasteiger partial charge on any atom is -0.384 e. The number of aryl methyl sites for hydroxylation is 1. The normalized spacial score (nSPS) is 22.5. The molecular weight excluding hydrogens is 266 g/mol. The molecule has 0 saturated carbocycles. The Kier molecular flexibility index (Phi) is 5.31. The molecule has 1 saturated heterocycles. The zero-order chi connectivity index (χ0) is 15.4.